The van der Waals surface area contributed by atoms with Gasteiger partial charge in [0.2, 0.25) is 0 Å². The van der Waals surface area contributed by atoms with Crippen molar-refractivity contribution in [2.75, 3.05) is 14.2 Å². The Labute approximate surface area is 134 Å². The number of aryl methyl sites for hydroxylation is 2. The number of nitrogens with zero attached hydrogens (tertiary/aromatic N) is 3. The molecule has 0 aliphatic carbocycles. The number of carbonyl (C=O) groups excluding carboxylic acids is 1. The van der Waals surface area contributed by atoms with Crippen molar-refractivity contribution in [2.45, 2.75) is 13.8 Å². The molecule has 6 heteroatoms. The van der Waals surface area contributed by atoms with Gasteiger partial charge in [-0.1, -0.05) is 0 Å². The average Bonchev–Trinajstić information content (AvgIpc) is 2.90. The topological polar surface area (TPSA) is 77.1 Å². The fraction of sp³-hybridized carbons (Fsp3) is 0.235. The molecule has 0 aliphatic rings. The first-order valence-electron chi connectivity index (χ1n) is 6.92. The molecule has 2 rings (SSSR count). The van der Waals surface area contributed by atoms with Crippen LogP contribution in [0, 0.1) is 25.2 Å². The van der Waals surface area contributed by atoms with Crippen molar-refractivity contribution in [2.24, 2.45) is 0 Å². The van der Waals surface area contributed by atoms with E-state index in [0.29, 0.717) is 28.5 Å². The first-order valence-corrected chi connectivity index (χ1v) is 6.92. The lowest BCUT2D eigenvalue weighted by Gasteiger charge is -2.08. The van der Waals surface area contributed by atoms with Crippen molar-refractivity contribution in [1.82, 2.24) is 9.78 Å². The van der Waals surface area contributed by atoms with Crippen LogP contribution in [-0.4, -0.2) is 29.9 Å². The van der Waals surface area contributed by atoms with Crippen LogP contribution in [0.4, 0.5) is 0 Å². The van der Waals surface area contributed by atoms with Gasteiger partial charge >= 0.3 is 0 Å². The molecule has 23 heavy (non-hydrogen) atoms. The Kier molecular flexibility index (Phi) is 4.82. The lowest BCUT2D eigenvalue weighted by molar-refractivity contribution is 0.0943. The van der Waals surface area contributed by atoms with Gasteiger partial charge in [-0.05, 0) is 44.2 Å². The number of allylic oxidation sites excluding steroid dienone is 1. The fourth-order valence-corrected chi connectivity index (χ4v) is 2.20. The molecule has 0 N–H and O–H groups in total. The van der Waals surface area contributed by atoms with Gasteiger partial charge in [0, 0.05) is 11.3 Å². The van der Waals surface area contributed by atoms with Gasteiger partial charge in [0.25, 0.3) is 5.91 Å². The second-order valence-electron chi connectivity index (χ2n) is 4.92. The van der Waals surface area contributed by atoms with E-state index in [0.717, 1.165) is 0 Å². The summed E-state index contributed by atoms with van der Waals surface area (Å²) in [7, 11) is 3.07. The van der Waals surface area contributed by atoms with Gasteiger partial charge in [-0.3, -0.25) is 4.79 Å². The van der Waals surface area contributed by atoms with Gasteiger partial charge in [-0.2, -0.15) is 10.4 Å². The first kappa shape index (κ1) is 16.3. The normalized spacial score (nSPS) is 11.0. The molecule has 118 valence electrons. The third kappa shape index (κ3) is 3.40. The van der Waals surface area contributed by atoms with E-state index >= 15 is 0 Å². The quantitative estimate of drug-likeness (QED) is 0.641. The van der Waals surface area contributed by atoms with E-state index in [2.05, 4.69) is 5.10 Å². The highest BCUT2D eigenvalue weighted by atomic mass is 16.5. The number of ether oxygens (including phenoxy) is 2. The summed E-state index contributed by atoms with van der Waals surface area (Å²) in [5.41, 5.74) is 1.93. The number of rotatable bonds is 4. The van der Waals surface area contributed by atoms with Crippen molar-refractivity contribution in [3.63, 3.8) is 0 Å². The zero-order chi connectivity index (χ0) is 17.0. The molecule has 1 aromatic carbocycles. The summed E-state index contributed by atoms with van der Waals surface area (Å²) in [6.45, 7) is 3.55. The molecule has 6 nitrogen and oxygen atoms in total. The first-order chi connectivity index (χ1) is 11.0. The highest BCUT2D eigenvalue weighted by Crippen LogP contribution is 2.26. The van der Waals surface area contributed by atoms with E-state index in [1.165, 1.54) is 17.9 Å². The summed E-state index contributed by atoms with van der Waals surface area (Å²) >= 11 is 0. The van der Waals surface area contributed by atoms with Crippen LogP contribution in [0.2, 0.25) is 0 Å². The number of methoxy groups -OCH3 is 2. The van der Waals surface area contributed by atoms with Crippen LogP contribution in [0.5, 0.6) is 11.5 Å². The second-order valence-corrected chi connectivity index (χ2v) is 4.92. The molecule has 0 radical (unpaired) electrons. The summed E-state index contributed by atoms with van der Waals surface area (Å²) in [4.78, 5) is 12.5. The molecule has 1 heterocycles. The molecule has 0 fully saturated rings. The van der Waals surface area contributed by atoms with Crippen LogP contribution in [0.1, 0.15) is 21.7 Å². The van der Waals surface area contributed by atoms with Crippen LogP contribution in [0.3, 0.4) is 0 Å². The Morgan fingerprint density at radius 1 is 1.26 bits per heavy atom. The Morgan fingerprint density at radius 3 is 2.52 bits per heavy atom. The SMILES string of the molecule is COc1ccc(OC)c(/C=C(\C#N)C(=O)n2nc(C)cc2C)c1. The third-order valence-electron chi connectivity index (χ3n) is 3.29. The standard InChI is InChI=1S/C17H17N3O3/c1-11-7-12(2)20(19-11)17(21)14(10-18)8-13-9-15(22-3)5-6-16(13)23-4/h5-9H,1-4H3/b14-8+. The predicted molar refractivity (Wildman–Crippen MR) is 85.5 cm³/mol. The Balaban J connectivity index is 2.49. The molecule has 0 spiro atoms. The zero-order valence-corrected chi connectivity index (χ0v) is 13.5. The van der Waals surface area contributed by atoms with E-state index in [1.54, 1.807) is 45.2 Å². The van der Waals surface area contributed by atoms with Crippen LogP contribution in [-0.2, 0) is 0 Å². The second kappa shape index (κ2) is 6.79. The van der Waals surface area contributed by atoms with Crippen LogP contribution in [0.25, 0.3) is 6.08 Å². The largest absolute Gasteiger partial charge is 0.497 e. The molecule has 0 saturated heterocycles. The highest BCUT2D eigenvalue weighted by Gasteiger charge is 2.16. The summed E-state index contributed by atoms with van der Waals surface area (Å²) in [5.74, 6) is 0.663. The third-order valence-corrected chi connectivity index (χ3v) is 3.29. The number of nitriles is 1. The van der Waals surface area contributed by atoms with E-state index in [9.17, 15) is 10.1 Å². The number of carbonyl (C=O) groups is 1. The Bertz CT molecular complexity index is 813. The smallest absolute Gasteiger partial charge is 0.289 e. The molecule has 0 saturated carbocycles. The number of benzene rings is 1. The van der Waals surface area contributed by atoms with Gasteiger partial charge in [-0.25, -0.2) is 4.68 Å². The minimum Gasteiger partial charge on any atom is -0.497 e. The molecule has 0 unspecified atom stereocenters. The Hall–Kier alpha value is -3.07. The van der Waals surface area contributed by atoms with Gasteiger partial charge in [-0.15, -0.1) is 0 Å². The number of aromatic nitrogens is 2. The molecule has 0 atom stereocenters. The predicted octanol–water partition coefficient (Wildman–Crippen LogP) is 2.76. The fourth-order valence-electron chi connectivity index (χ4n) is 2.20. The van der Waals surface area contributed by atoms with Crippen LogP contribution >= 0.6 is 0 Å². The minimum absolute atomic E-state index is 0.0391. The molecule has 2 aromatic rings. The maximum atomic E-state index is 12.5. The lowest BCUT2D eigenvalue weighted by atomic mass is 10.1. The van der Waals surface area contributed by atoms with Crippen LogP contribution < -0.4 is 9.47 Å². The van der Waals surface area contributed by atoms with Crippen LogP contribution in [0.15, 0.2) is 29.8 Å². The number of hydrogen-bond acceptors (Lipinski definition) is 5. The molecular formula is C17H17N3O3. The summed E-state index contributed by atoms with van der Waals surface area (Å²) < 4.78 is 11.6. The van der Waals surface area contributed by atoms with E-state index in [4.69, 9.17) is 9.47 Å². The van der Waals surface area contributed by atoms with E-state index < -0.39 is 5.91 Å². The summed E-state index contributed by atoms with van der Waals surface area (Å²) in [6.07, 6.45) is 1.47. The van der Waals surface area contributed by atoms with Crippen molar-refractivity contribution >= 4 is 12.0 Å². The number of hydrogen-bond donors (Lipinski definition) is 0. The van der Waals surface area contributed by atoms with Gasteiger partial charge in [0.05, 0.1) is 19.9 Å². The maximum Gasteiger partial charge on any atom is 0.289 e. The monoisotopic (exact) mass is 311 g/mol. The average molecular weight is 311 g/mol. The van der Waals surface area contributed by atoms with Gasteiger partial charge < -0.3 is 9.47 Å². The van der Waals surface area contributed by atoms with Crippen molar-refractivity contribution < 1.29 is 14.3 Å². The van der Waals surface area contributed by atoms with Gasteiger partial charge in [0.1, 0.15) is 23.1 Å². The lowest BCUT2D eigenvalue weighted by Crippen LogP contribution is -2.15. The van der Waals surface area contributed by atoms with Crippen molar-refractivity contribution in [3.8, 4) is 17.6 Å². The van der Waals surface area contributed by atoms with E-state index in [1.807, 2.05) is 6.07 Å². The van der Waals surface area contributed by atoms with Gasteiger partial charge in [0.15, 0.2) is 0 Å². The minimum atomic E-state index is -0.483. The zero-order valence-electron chi connectivity index (χ0n) is 13.5. The molecule has 1 aromatic heterocycles. The van der Waals surface area contributed by atoms with Crippen molar-refractivity contribution in [1.29, 1.82) is 5.26 Å². The maximum absolute atomic E-state index is 12.5. The highest BCUT2D eigenvalue weighted by molar-refractivity contribution is 6.03. The molecular weight excluding hydrogens is 294 g/mol. The molecule has 0 aliphatic heterocycles. The van der Waals surface area contributed by atoms with E-state index in [-0.39, 0.29) is 5.57 Å². The molecule has 0 amide bonds. The Morgan fingerprint density at radius 2 is 2.00 bits per heavy atom. The summed E-state index contributed by atoms with van der Waals surface area (Å²) in [6, 6.07) is 8.86. The van der Waals surface area contributed by atoms with Crippen molar-refractivity contribution in [3.05, 3.63) is 46.8 Å². The molecule has 0 bridgehead atoms. The summed E-state index contributed by atoms with van der Waals surface area (Å²) in [5, 5.41) is 13.5.